The lowest BCUT2D eigenvalue weighted by atomic mass is 9.67. The number of hydrogen-bond acceptors (Lipinski definition) is 2. The van der Waals surface area contributed by atoms with Crippen LogP contribution in [0.15, 0.2) is 97.1 Å². The van der Waals surface area contributed by atoms with E-state index in [-0.39, 0.29) is 11.6 Å². The molecular formula is C29H22O2. The van der Waals surface area contributed by atoms with Crippen molar-refractivity contribution in [3.8, 4) is 11.1 Å². The van der Waals surface area contributed by atoms with Crippen molar-refractivity contribution in [2.24, 2.45) is 0 Å². The van der Waals surface area contributed by atoms with Gasteiger partial charge in [-0.25, -0.2) is 0 Å². The summed E-state index contributed by atoms with van der Waals surface area (Å²) in [6, 6.07) is 32.7. The molecule has 0 N–H and O–H groups in total. The summed E-state index contributed by atoms with van der Waals surface area (Å²) in [4.78, 5) is 24.5. The van der Waals surface area contributed by atoms with Crippen LogP contribution in [0.1, 0.15) is 56.8 Å². The summed E-state index contributed by atoms with van der Waals surface area (Å²) in [5.74, 6) is 0.0723. The van der Waals surface area contributed by atoms with Gasteiger partial charge in [0.2, 0.25) is 0 Å². The summed E-state index contributed by atoms with van der Waals surface area (Å²) in [6.45, 7) is 3.19. The average Bonchev–Trinajstić information content (AvgIpc) is 3.11. The van der Waals surface area contributed by atoms with E-state index < -0.39 is 5.41 Å². The monoisotopic (exact) mass is 402 g/mol. The predicted octanol–water partition coefficient (Wildman–Crippen LogP) is 6.45. The zero-order chi connectivity index (χ0) is 21.6. The molecule has 0 saturated heterocycles. The zero-order valence-electron chi connectivity index (χ0n) is 17.6. The number of fused-ring (bicyclic) bond motifs is 3. The molecule has 1 aliphatic carbocycles. The molecule has 0 radical (unpaired) electrons. The smallest absolute Gasteiger partial charge is 0.159 e. The molecule has 0 unspecified atom stereocenters. The van der Waals surface area contributed by atoms with Crippen LogP contribution < -0.4 is 0 Å². The fourth-order valence-electron chi connectivity index (χ4n) is 4.97. The fourth-order valence-corrected chi connectivity index (χ4v) is 4.97. The van der Waals surface area contributed by atoms with E-state index in [4.69, 9.17) is 0 Å². The zero-order valence-corrected chi connectivity index (χ0v) is 17.6. The summed E-state index contributed by atoms with van der Waals surface area (Å²) in [7, 11) is 0. The molecule has 0 atom stereocenters. The second-order valence-electron chi connectivity index (χ2n) is 8.12. The minimum Gasteiger partial charge on any atom is -0.295 e. The van der Waals surface area contributed by atoms with Crippen LogP contribution in [0.4, 0.5) is 0 Å². The lowest BCUT2D eigenvalue weighted by Gasteiger charge is -2.34. The summed E-state index contributed by atoms with van der Waals surface area (Å²) in [5, 5.41) is 0. The number of ketones is 2. The van der Waals surface area contributed by atoms with Gasteiger partial charge in [0.05, 0.1) is 5.41 Å². The molecule has 0 heterocycles. The van der Waals surface area contributed by atoms with E-state index in [9.17, 15) is 9.59 Å². The van der Waals surface area contributed by atoms with Crippen LogP contribution in [0.5, 0.6) is 0 Å². The Morgan fingerprint density at radius 3 is 1.39 bits per heavy atom. The van der Waals surface area contributed by atoms with E-state index in [1.165, 1.54) is 11.1 Å². The Morgan fingerprint density at radius 1 is 0.548 bits per heavy atom. The Morgan fingerprint density at radius 2 is 0.968 bits per heavy atom. The molecule has 150 valence electrons. The van der Waals surface area contributed by atoms with Gasteiger partial charge in [-0.15, -0.1) is 0 Å². The van der Waals surface area contributed by atoms with Crippen molar-refractivity contribution < 1.29 is 9.59 Å². The van der Waals surface area contributed by atoms with Crippen molar-refractivity contribution in [1.82, 2.24) is 0 Å². The second kappa shape index (κ2) is 7.17. The molecule has 0 saturated carbocycles. The highest BCUT2D eigenvalue weighted by molar-refractivity contribution is 5.96. The molecule has 0 fully saturated rings. The molecule has 4 aromatic rings. The Kier molecular flexibility index (Phi) is 4.44. The third-order valence-electron chi connectivity index (χ3n) is 6.36. The van der Waals surface area contributed by atoms with Crippen molar-refractivity contribution in [3.63, 3.8) is 0 Å². The number of rotatable bonds is 4. The Balaban J connectivity index is 1.95. The van der Waals surface area contributed by atoms with Gasteiger partial charge >= 0.3 is 0 Å². The van der Waals surface area contributed by atoms with Crippen molar-refractivity contribution in [1.29, 1.82) is 0 Å². The molecule has 0 amide bonds. The van der Waals surface area contributed by atoms with Gasteiger partial charge in [-0.3, -0.25) is 9.59 Å². The predicted molar refractivity (Wildman–Crippen MR) is 124 cm³/mol. The number of carbonyl (C=O) groups is 2. The van der Waals surface area contributed by atoms with Gasteiger partial charge in [-0.1, -0.05) is 84.9 Å². The molecule has 0 spiro atoms. The maximum atomic E-state index is 12.2. The van der Waals surface area contributed by atoms with Gasteiger partial charge in [-0.05, 0) is 59.4 Å². The highest BCUT2D eigenvalue weighted by Gasteiger charge is 2.46. The van der Waals surface area contributed by atoms with Crippen LogP contribution in [0.3, 0.4) is 0 Å². The van der Waals surface area contributed by atoms with E-state index in [0.717, 1.165) is 22.3 Å². The summed E-state index contributed by atoms with van der Waals surface area (Å²) >= 11 is 0. The van der Waals surface area contributed by atoms with Gasteiger partial charge in [-0.2, -0.15) is 0 Å². The quantitative estimate of drug-likeness (QED) is 0.324. The van der Waals surface area contributed by atoms with E-state index in [0.29, 0.717) is 11.1 Å². The number of benzene rings is 4. The van der Waals surface area contributed by atoms with Gasteiger partial charge in [0.1, 0.15) is 0 Å². The fraction of sp³-hybridized carbons (Fsp3) is 0.103. The van der Waals surface area contributed by atoms with Crippen molar-refractivity contribution in [2.45, 2.75) is 19.3 Å². The van der Waals surface area contributed by atoms with Crippen molar-refractivity contribution >= 4 is 11.6 Å². The van der Waals surface area contributed by atoms with Gasteiger partial charge in [0.25, 0.3) is 0 Å². The third kappa shape index (κ3) is 2.79. The number of Topliss-reactive ketones (excluding diaryl/α,β-unsaturated/α-hetero) is 2. The van der Waals surface area contributed by atoms with E-state index in [2.05, 4.69) is 60.7 Å². The molecular weight excluding hydrogens is 380 g/mol. The summed E-state index contributed by atoms with van der Waals surface area (Å²) < 4.78 is 0. The maximum Gasteiger partial charge on any atom is 0.159 e. The summed E-state index contributed by atoms with van der Waals surface area (Å²) in [5.41, 5.74) is 7.50. The molecule has 4 aromatic carbocycles. The minimum absolute atomic E-state index is 0.0362. The first-order chi connectivity index (χ1) is 15.0. The third-order valence-corrected chi connectivity index (χ3v) is 6.36. The van der Waals surface area contributed by atoms with Crippen LogP contribution in [-0.2, 0) is 5.41 Å². The van der Waals surface area contributed by atoms with Gasteiger partial charge < -0.3 is 0 Å². The molecule has 5 rings (SSSR count). The topological polar surface area (TPSA) is 34.1 Å². The van der Waals surface area contributed by atoms with Crippen molar-refractivity contribution in [3.05, 3.63) is 130 Å². The molecule has 1 aliphatic rings. The normalized spacial score (nSPS) is 13.4. The largest absolute Gasteiger partial charge is 0.295 e. The summed E-state index contributed by atoms with van der Waals surface area (Å²) in [6.07, 6.45) is 0. The lowest BCUT2D eigenvalue weighted by Crippen LogP contribution is -2.29. The van der Waals surface area contributed by atoms with Gasteiger partial charge in [0, 0.05) is 11.1 Å². The van der Waals surface area contributed by atoms with E-state index in [1.54, 1.807) is 13.8 Å². The van der Waals surface area contributed by atoms with E-state index in [1.807, 2.05) is 36.4 Å². The molecule has 0 aliphatic heterocycles. The molecule has 31 heavy (non-hydrogen) atoms. The molecule has 0 bridgehead atoms. The SMILES string of the molecule is CC(=O)c1cccc(C2(c3cccc(C(C)=O)c3)c3ccccc3-c3ccccc32)c1. The maximum absolute atomic E-state index is 12.2. The average molecular weight is 402 g/mol. The highest BCUT2D eigenvalue weighted by atomic mass is 16.1. The van der Waals surface area contributed by atoms with Crippen molar-refractivity contribution in [2.75, 3.05) is 0 Å². The van der Waals surface area contributed by atoms with Crippen LogP contribution in [0.2, 0.25) is 0 Å². The van der Waals surface area contributed by atoms with Crippen LogP contribution in [0, 0.1) is 0 Å². The number of carbonyl (C=O) groups excluding carboxylic acids is 2. The highest BCUT2D eigenvalue weighted by Crippen LogP contribution is 2.56. The first kappa shape index (κ1) is 19.2. The van der Waals surface area contributed by atoms with Crippen LogP contribution in [0.25, 0.3) is 11.1 Å². The Bertz CT molecular complexity index is 1240. The Hall–Kier alpha value is -3.78. The minimum atomic E-state index is -0.607. The second-order valence-corrected chi connectivity index (χ2v) is 8.12. The first-order valence-electron chi connectivity index (χ1n) is 10.5. The van der Waals surface area contributed by atoms with E-state index >= 15 is 0 Å². The van der Waals surface area contributed by atoms with Crippen LogP contribution in [-0.4, -0.2) is 11.6 Å². The standard InChI is InChI=1S/C29H22O2/c1-19(30)21-9-7-11-23(17-21)29(24-12-8-10-22(18-24)20(2)31)27-15-5-3-13-25(27)26-14-4-6-16-28(26)29/h3-18H,1-2H3. The molecule has 2 heteroatoms. The Labute approximate surface area is 182 Å². The molecule has 2 nitrogen and oxygen atoms in total. The first-order valence-corrected chi connectivity index (χ1v) is 10.5. The number of hydrogen-bond donors (Lipinski definition) is 0. The lowest BCUT2D eigenvalue weighted by molar-refractivity contribution is 0.100. The van der Waals surface area contributed by atoms with Gasteiger partial charge in [0.15, 0.2) is 11.6 Å². The van der Waals surface area contributed by atoms with Crippen LogP contribution >= 0.6 is 0 Å². The molecule has 0 aromatic heterocycles.